The maximum Gasteiger partial charge on any atom is 0.194 e. The van der Waals surface area contributed by atoms with E-state index < -0.39 is 0 Å². The van der Waals surface area contributed by atoms with Crippen molar-refractivity contribution in [2.45, 2.75) is 32.6 Å². The van der Waals surface area contributed by atoms with E-state index >= 15 is 0 Å². The zero-order valence-electron chi connectivity index (χ0n) is 16.0. The summed E-state index contributed by atoms with van der Waals surface area (Å²) in [5, 5.41) is 11.6. The summed E-state index contributed by atoms with van der Waals surface area (Å²) in [7, 11) is 3.70. The quantitative estimate of drug-likeness (QED) is 0.409. The molecule has 0 bridgehead atoms. The monoisotopic (exact) mass is 488 g/mol. The summed E-state index contributed by atoms with van der Waals surface area (Å²) in [5.74, 6) is 2.26. The molecule has 1 aromatic carbocycles. The van der Waals surface area contributed by atoms with E-state index in [4.69, 9.17) is 4.74 Å². The molecule has 27 heavy (non-hydrogen) atoms. The molecule has 3 rings (SSSR count). The standard InChI is InChI=1S/C18H25FN6O.HI/c1-12-10-25(11-16(26-12)14-5-7-15(19)8-6-14)18(20-3)21-9-17-23-22-13(2)24(17)4;/h5-8,12,16H,9-11H2,1-4H3,(H,20,21);1H. The first-order chi connectivity index (χ1) is 12.5. The first-order valence-electron chi connectivity index (χ1n) is 8.69. The van der Waals surface area contributed by atoms with Crippen molar-refractivity contribution >= 4 is 29.9 Å². The summed E-state index contributed by atoms with van der Waals surface area (Å²) in [6.07, 6.45) is -0.0931. The molecular formula is C18H26FIN6O. The van der Waals surface area contributed by atoms with Crippen molar-refractivity contribution in [1.82, 2.24) is 25.0 Å². The first-order valence-corrected chi connectivity index (χ1v) is 8.69. The number of aromatic nitrogens is 3. The van der Waals surface area contributed by atoms with E-state index in [0.29, 0.717) is 13.1 Å². The van der Waals surface area contributed by atoms with Gasteiger partial charge in [-0.25, -0.2) is 4.39 Å². The van der Waals surface area contributed by atoms with Crippen LogP contribution in [-0.4, -0.2) is 51.9 Å². The lowest BCUT2D eigenvalue weighted by atomic mass is 10.1. The molecule has 0 aliphatic carbocycles. The molecule has 0 saturated carbocycles. The molecule has 1 N–H and O–H groups in total. The minimum Gasteiger partial charge on any atom is -0.367 e. The molecule has 0 amide bonds. The van der Waals surface area contributed by atoms with Crippen LogP contribution < -0.4 is 5.32 Å². The summed E-state index contributed by atoms with van der Waals surface area (Å²) >= 11 is 0. The van der Waals surface area contributed by atoms with Gasteiger partial charge in [0.05, 0.1) is 19.2 Å². The van der Waals surface area contributed by atoms with Gasteiger partial charge in [-0.1, -0.05) is 12.1 Å². The van der Waals surface area contributed by atoms with Crippen LogP contribution in [0.25, 0.3) is 0 Å². The second-order valence-electron chi connectivity index (χ2n) is 6.52. The Labute approximate surface area is 176 Å². The molecule has 1 fully saturated rings. The van der Waals surface area contributed by atoms with Crippen molar-refractivity contribution in [3.8, 4) is 0 Å². The van der Waals surface area contributed by atoms with Crippen LogP contribution in [-0.2, 0) is 18.3 Å². The van der Waals surface area contributed by atoms with Crippen LogP contribution in [0.3, 0.4) is 0 Å². The topological polar surface area (TPSA) is 67.6 Å². The van der Waals surface area contributed by atoms with Gasteiger partial charge in [0.1, 0.15) is 17.7 Å². The number of aliphatic imine (C=N–C) groups is 1. The molecule has 2 atom stereocenters. The molecular weight excluding hydrogens is 462 g/mol. The van der Waals surface area contributed by atoms with Gasteiger partial charge in [-0.05, 0) is 31.5 Å². The highest BCUT2D eigenvalue weighted by Crippen LogP contribution is 2.25. The fraction of sp³-hybridized carbons (Fsp3) is 0.500. The van der Waals surface area contributed by atoms with E-state index in [2.05, 4.69) is 25.4 Å². The number of guanidine groups is 1. The van der Waals surface area contributed by atoms with Crippen LogP contribution in [0.2, 0.25) is 0 Å². The molecule has 9 heteroatoms. The molecule has 2 unspecified atom stereocenters. The van der Waals surface area contributed by atoms with Crippen molar-refractivity contribution in [3.63, 3.8) is 0 Å². The molecule has 0 radical (unpaired) electrons. The lowest BCUT2D eigenvalue weighted by molar-refractivity contribution is -0.0605. The Kier molecular flexibility index (Phi) is 7.54. The number of rotatable bonds is 3. The van der Waals surface area contributed by atoms with E-state index in [0.717, 1.165) is 29.7 Å². The van der Waals surface area contributed by atoms with Gasteiger partial charge in [-0.2, -0.15) is 0 Å². The van der Waals surface area contributed by atoms with Crippen LogP contribution in [0, 0.1) is 12.7 Å². The van der Waals surface area contributed by atoms with Crippen molar-refractivity contribution in [2.75, 3.05) is 20.1 Å². The van der Waals surface area contributed by atoms with Gasteiger partial charge in [-0.15, -0.1) is 34.2 Å². The lowest BCUT2D eigenvalue weighted by Gasteiger charge is -2.38. The van der Waals surface area contributed by atoms with Crippen LogP contribution in [0.4, 0.5) is 4.39 Å². The predicted molar refractivity (Wildman–Crippen MR) is 113 cm³/mol. The number of hydrogen-bond acceptors (Lipinski definition) is 4. The highest BCUT2D eigenvalue weighted by Gasteiger charge is 2.28. The Hall–Kier alpha value is -1.75. The average molecular weight is 488 g/mol. The molecule has 1 aromatic heterocycles. The molecule has 1 saturated heterocycles. The summed E-state index contributed by atoms with van der Waals surface area (Å²) < 4.78 is 21.2. The number of halogens is 2. The number of aryl methyl sites for hydroxylation is 1. The third-order valence-corrected chi connectivity index (χ3v) is 4.60. The van der Waals surface area contributed by atoms with Crippen LogP contribution >= 0.6 is 24.0 Å². The van der Waals surface area contributed by atoms with Gasteiger partial charge in [-0.3, -0.25) is 4.99 Å². The lowest BCUT2D eigenvalue weighted by Crippen LogP contribution is -2.50. The van der Waals surface area contributed by atoms with Gasteiger partial charge in [0.15, 0.2) is 11.8 Å². The minimum absolute atomic E-state index is 0. The number of morpholine rings is 1. The zero-order chi connectivity index (χ0) is 18.7. The average Bonchev–Trinajstić information content (AvgIpc) is 2.94. The highest BCUT2D eigenvalue weighted by molar-refractivity contribution is 14.0. The van der Waals surface area contributed by atoms with Gasteiger partial charge >= 0.3 is 0 Å². The van der Waals surface area contributed by atoms with Crippen LogP contribution in [0.15, 0.2) is 29.3 Å². The number of ether oxygens (including phenoxy) is 1. The number of hydrogen-bond donors (Lipinski definition) is 1. The summed E-state index contributed by atoms with van der Waals surface area (Å²) in [4.78, 5) is 6.56. The largest absolute Gasteiger partial charge is 0.367 e. The Balaban J connectivity index is 0.00000261. The Bertz CT molecular complexity index is 779. The fourth-order valence-electron chi connectivity index (χ4n) is 3.08. The van der Waals surface area contributed by atoms with E-state index in [1.165, 1.54) is 12.1 Å². The predicted octanol–water partition coefficient (Wildman–Crippen LogP) is 2.42. The van der Waals surface area contributed by atoms with Gasteiger partial charge < -0.3 is 19.5 Å². The molecule has 2 heterocycles. The van der Waals surface area contributed by atoms with Gasteiger partial charge in [0.2, 0.25) is 0 Å². The smallest absolute Gasteiger partial charge is 0.194 e. The van der Waals surface area contributed by atoms with Crippen molar-refractivity contribution in [1.29, 1.82) is 0 Å². The number of nitrogens with one attached hydrogen (secondary N) is 1. The Morgan fingerprint density at radius 2 is 2.00 bits per heavy atom. The second kappa shape index (κ2) is 9.45. The summed E-state index contributed by atoms with van der Waals surface area (Å²) in [6.45, 7) is 5.87. The molecule has 1 aliphatic rings. The number of nitrogens with zero attached hydrogens (tertiary/aromatic N) is 5. The maximum absolute atomic E-state index is 13.2. The zero-order valence-corrected chi connectivity index (χ0v) is 18.3. The maximum atomic E-state index is 13.2. The first kappa shape index (κ1) is 21.5. The normalized spacial score (nSPS) is 20.3. The Morgan fingerprint density at radius 3 is 2.59 bits per heavy atom. The van der Waals surface area contributed by atoms with E-state index in [1.807, 2.05) is 25.5 Å². The molecule has 7 nitrogen and oxygen atoms in total. The van der Waals surface area contributed by atoms with Crippen LogP contribution in [0.5, 0.6) is 0 Å². The van der Waals surface area contributed by atoms with Crippen molar-refractivity contribution < 1.29 is 9.13 Å². The number of benzene rings is 1. The Morgan fingerprint density at radius 1 is 1.30 bits per heavy atom. The highest BCUT2D eigenvalue weighted by atomic mass is 127. The molecule has 148 valence electrons. The third kappa shape index (κ3) is 5.16. The second-order valence-corrected chi connectivity index (χ2v) is 6.52. The fourth-order valence-corrected chi connectivity index (χ4v) is 3.08. The molecule has 1 aliphatic heterocycles. The van der Waals surface area contributed by atoms with Crippen LogP contribution in [0.1, 0.15) is 30.2 Å². The molecule has 0 spiro atoms. The van der Waals surface area contributed by atoms with E-state index in [1.54, 1.807) is 19.2 Å². The van der Waals surface area contributed by atoms with Gasteiger partial charge in [0.25, 0.3) is 0 Å². The van der Waals surface area contributed by atoms with E-state index in [-0.39, 0.29) is 42.0 Å². The SMILES string of the molecule is CN=C(NCc1nnc(C)n1C)N1CC(C)OC(c2ccc(F)cc2)C1.I. The van der Waals surface area contributed by atoms with E-state index in [9.17, 15) is 4.39 Å². The molecule has 2 aromatic rings. The summed E-state index contributed by atoms with van der Waals surface area (Å²) in [5.41, 5.74) is 0.960. The van der Waals surface area contributed by atoms with Crippen molar-refractivity contribution in [3.05, 3.63) is 47.3 Å². The van der Waals surface area contributed by atoms with Crippen molar-refractivity contribution in [2.24, 2.45) is 12.0 Å². The minimum atomic E-state index is -0.245. The third-order valence-electron chi connectivity index (χ3n) is 4.60. The van der Waals surface area contributed by atoms with Gasteiger partial charge in [0, 0.05) is 20.6 Å². The summed E-state index contributed by atoms with van der Waals surface area (Å²) in [6, 6.07) is 6.47.